The predicted molar refractivity (Wildman–Crippen MR) is 72.4 cm³/mol. The zero-order chi connectivity index (χ0) is 13.7. The summed E-state index contributed by atoms with van der Waals surface area (Å²) in [6, 6.07) is 7.54. The van der Waals surface area contributed by atoms with Gasteiger partial charge in [-0.25, -0.2) is 0 Å². The summed E-state index contributed by atoms with van der Waals surface area (Å²) in [5.74, 6) is -0.173. The van der Waals surface area contributed by atoms with Crippen LogP contribution in [0.15, 0.2) is 24.3 Å². The van der Waals surface area contributed by atoms with Crippen molar-refractivity contribution in [2.24, 2.45) is 5.73 Å². The van der Waals surface area contributed by atoms with Crippen molar-refractivity contribution in [1.82, 2.24) is 10.6 Å². The van der Waals surface area contributed by atoms with Crippen molar-refractivity contribution in [2.45, 2.75) is 31.8 Å². The van der Waals surface area contributed by atoms with Crippen LogP contribution in [0.1, 0.15) is 35.2 Å². The second kappa shape index (κ2) is 6.33. The summed E-state index contributed by atoms with van der Waals surface area (Å²) in [4.78, 5) is 23.3. The molecule has 4 N–H and O–H groups in total. The summed E-state index contributed by atoms with van der Waals surface area (Å²) in [5, 5.41) is 5.61. The smallest absolute Gasteiger partial charge is 0.251 e. The Kier molecular flexibility index (Phi) is 4.52. The Hall–Kier alpha value is -1.88. The van der Waals surface area contributed by atoms with E-state index in [0.717, 1.165) is 18.4 Å². The Balaban J connectivity index is 1.75. The zero-order valence-electron chi connectivity index (χ0n) is 10.8. The third-order valence-corrected chi connectivity index (χ3v) is 3.00. The summed E-state index contributed by atoms with van der Waals surface area (Å²) < 4.78 is 0. The Morgan fingerprint density at radius 3 is 2.79 bits per heavy atom. The molecule has 1 aromatic carbocycles. The number of hydrogen-bond acceptors (Lipinski definition) is 3. The molecule has 0 aromatic heterocycles. The van der Waals surface area contributed by atoms with E-state index in [-0.39, 0.29) is 11.8 Å². The van der Waals surface area contributed by atoms with Gasteiger partial charge in [0.05, 0.1) is 0 Å². The molecule has 0 saturated heterocycles. The van der Waals surface area contributed by atoms with Crippen molar-refractivity contribution in [1.29, 1.82) is 0 Å². The third-order valence-electron chi connectivity index (χ3n) is 3.00. The van der Waals surface area contributed by atoms with E-state index in [0.29, 0.717) is 31.1 Å². The molecule has 0 unspecified atom stereocenters. The van der Waals surface area contributed by atoms with Gasteiger partial charge in [-0.05, 0) is 30.5 Å². The summed E-state index contributed by atoms with van der Waals surface area (Å²) in [5.41, 5.74) is 7.02. The molecule has 5 heteroatoms. The van der Waals surface area contributed by atoms with E-state index in [1.54, 1.807) is 18.2 Å². The first-order valence-corrected chi connectivity index (χ1v) is 6.55. The lowest BCUT2D eigenvalue weighted by Crippen LogP contribution is -2.31. The van der Waals surface area contributed by atoms with Crippen LogP contribution in [0.3, 0.4) is 0 Å². The fourth-order valence-corrected chi connectivity index (χ4v) is 1.76. The molecular weight excluding hydrogens is 242 g/mol. The van der Waals surface area contributed by atoms with E-state index in [2.05, 4.69) is 10.6 Å². The van der Waals surface area contributed by atoms with Gasteiger partial charge in [0.25, 0.3) is 5.91 Å². The Morgan fingerprint density at radius 2 is 2.11 bits per heavy atom. The van der Waals surface area contributed by atoms with E-state index in [4.69, 9.17) is 5.73 Å². The molecule has 1 aliphatic carbocycles. The topological polar surface area (TPSA) is 84.2 Å². The summed E-state index contributed by atoms with van der Waals surface area (Å²) in [7, 11) is 0. The van der Waals surface area contributed by atoms with E-state index >= 15 is 0 Å². The van der Waals surface area contributed by atoms with Gasteiger partial charge >= 0.3 is 0 Å². The summed E-state index contributed by atoms with van der Waals surface area (Å²) in [6.45, 7) is 0.759. The number of carbonyl (C=O) groups excluding carboxylic acids is 2. The molecule has 0 radical (unpaired) electrons. The maximum Gasteiger partial charge on any atom is 0.251 e. The number of amides is 2. The monoisotopic (exact) mass is 261 g/mol. The van der Waals surface area contributed by atoms with Crippen LogP contribution in [-0.2, 0) is 11.3 Å². The average Bonchev–Trinajstić information content (AvgIpc) is 3.22. The van der Waals surface area contributed by atoms with Crippen molar-refractivity contribution in [3.8, 4) is 0 Å². The zero-order valence-corrected chi connectivity index (χ0v) is 10.8. The normalized spacial score (nSPS) is 13.9. The van der Waals surface area contributed by atoms with Gasteiger partial charge < -0.3 is 16.4 Å². The quantitative estimate of drug-likeness (QED) is 0.699. The lowest BCUT2D eigenvalue weighted by Gasteiger charge is -2.07. The molecule has 1 saturated carbocycles. The Labute approximate surface area is 112 Å². The van der Waals surface area contributed by atoms with Crippen LogP contribution in [0.25, 0.3) is 0 Å². The first-order chi connectivity index (χ1) is 9.19. The fraction of sp³-hybridized carbons (Fsp3) is 0.429. The molecule has 1 aromatic rings. The molecule has 1 aliphatic rings. The minimum absolute atomic E-state index is 0.00138. The Bertz CT molecular complexity index is 470. The molecular formula is C14H19N3O2. The average molecular weight is 261 g/mol. The SMILES string of the molecule is NCc1cccc(C(=O)NCCC(=O)NC2CC2)c1. The number of benzene rings is 1. The predicted octanol–water partition coefficient (Wildman–Crippen LogP) is 0.544. The molecule has 0 spiro atoms. The van der Waals surface area contributed by atoms with Crippen molar-refractivity contribution in [3.05, 3.63) is 35.4 Å². The van der Waals surface area contributed by atoms with Crippen molar-refractivity contribution in [3.63, 3.8) is 0 Å². The van der Waals surface area contributed by atoms with Crippen LogP contribution in [0.5, 0.6) is 0 Å². The van der Waals surface area contributed by atoms with Gasteiger partial charge in [0.2, 0.25) is 5.91 Å². The first kappa shape index (κ1) is 13.5. The minimum Gasteiger partial charge on any atom is -0.353 e. The van der Waals surface area contributed by atoms with Crippen LogP contribution in [0.4, 0.5) is 0 Å². The van der Waals surface area contributed by atoms with Crippen molar-refractivity contribution in [2.75, 3.05) is 6.54 Å². The number of carbonyl (C=O) groups is 2. The van der Waals surface area contributed by atoms with Gasteiger partial charge in [0, 0.05) is 31.1 Å². The molecule has 5 nitrogen and oxygen atoms in total. The molecule has 0 atom stereocenters. The highest BCUT2D eigenvalue weighted by Crippen LogP contribution is 2.18. The second-order valence-corrected chi connectivity index (χ2v) is 4.75. The maximum atomic E-state index is 11.8. The lowest BCUT2D eigenvalue weighted by molar-refractivity contribution is -0.121. The van der Waals surface area contributed by atoms with Crippen LogP contribution in [-0.4, -0.2) is 24.4 Å². The molecule has 102 valence electrons. The van der Waals surface area contributed by atoms with Gasteiger partial charge in [0.1, 0.15) is 0 Å². The highest BCUT2D eigenvalue weighted by Gasteiger charge is 2.22. The third kappa shape index (κ3) is 4.37. The summed E-state index contributed by atoms with van der Waals surface area (Å²) >= 11 is 0. The van der Waals surface area contributed by atoms with Crippen LogP contribution in [0.2, 0.25) is 0 Å². The highest BCUT2D eigenvalue weighted by atomic mass is 16.2. The molecule has 1 fully saturated rings. The molecule has 19 heavy (non-hydrogen) atoms. The van der Waals surface area contributed by atoms with Crippen LogP contribution >= 0.6 is 0 Å². The standard InChI is InChI=1S/C14H19N3O2/c15-9-10-2-1-3-11(8-10)14(19)16-7-6-13(18)17-12-4-5-12/h1-3,8,12H,4-7,9,15H2,(H,16,19)(H,17,18). The van der Waals surface area contributed by atoms with Gasteiger partial charge in [-0.2, -0.15) is 0 Å². The van der Waals surface area contributed by atoms with Gasteiger partial charge in [0.15, 0.2) is 0 Å². The van der Waals surface area contributed by atoms with E-state index < -0.39 is 0 Å². The van der Waals surface area contributed by atoms with Crippen LogP contribution < -0.4 is 16.4 Å². The van der Waals surface area contributed by atoms with Crippen LogP contribution in [0, 0.1) is 0 Å². The van der Waals surface area contributed by atoms with Crippen molar-refractivity contribution < 1.29 is 9.59 Å². The van der Waals surface area contributed by atoms with Crippen molar-refractivity contribution >= 4 is 11.8 Å². The second-order valence-electron chi connectivity index (χ2n) is 4.75. The van der Waals surface area contributed by atoms with E-state index in [1.807, 2.05) is 6.07 Å². The fourth-order valence-electron chi connectivity index (χ4n) is 1.76. The highest BCUT2D eigenvalue weighted by molar-refractivity contribution is 5.94. The van der Waals surface area contributed by atoms with E-state index in [1.165, 1.54) is 0 Å². The lowest BCUT2D eigenvalue weighted by atomic mass is 10.1. The molecule has 0 aliphatic heterocycles. The first-order valence-electron chi connectivity index (χ1n) is 6.55. The van der Waals surface area contributed by atoms with Gasteiger partial charge in [-0.15, -0.1) is 0 Å². The molecule has 2 amide bonds. The molecule has 2 rings (SSSR count). The number of hydrogen-bond donors (Lipinski definition) is 3. The number of rotatable bonds is 6. The van der Waals surface area contributed by atoms with Gasteiger partial charge in [-0.1, -0.05) is 12.1 Å². The van der Waals surface area contributed by atoms with Gasteiger partial charge in [-0.3, -0.25) is 9.59 Å². The number of nitrogens with two attached hydrogens (primary N) is 1. The largest absolute Gasteiger partial charge is 0.353 e. The number of nitrogens with one attached hydrogen (secondary N) is 2. The summed E-state index contributed by atoms with van der Waals surface area (Å²) in [6.07, 6.45) is 2.47. The molecule has 0 heterocycles. The van der Waals surface area contributed by atoms with E-state index in [9.17, 15) is 9.59 Å². The maximum absolute atomic E-state index is 11.8. The Morgan fingerprint density at radius 1 is 1.32 bits per heavy atom. The minimum atomic E-state index is -0.172. The molecule has 0 bridgehead atoms.